The molecule has 0 saturated carbocycles. The molecule has 0 saturated heterocycles. The summed E-state index contributed by atoms with van der Waals surface area (Å²) in [6, 6.07) is 4.35. The van der Waals surface area contributed by atoms with Gasteiger partial charge in [-0.2, -0.15) is 0 Å². The van der Waals surface area contributed by atoms with Crippen molar-refractivity contribution < 1.29 is 0 Å². The van der Waals surface area contributed by atoms with E-state index >= 15 is 0 Å². The van der Waals surface area contributed by atoms with Gasteiger partial charge in [0.25, 0.3) is 0 Å². The molecule has 0 spiro atoms. The van der Waals surface area contributed by atoms with Gasteiger partial charge in [0, 0.05) is 11.4 Å². The van der Waals surface area contributed by atoms with E-state index in [0.717, 1.165) is 5.69 Å². The molecule has 0 atom stereocenters. The quantitative estimate of drug-likeness (QED) is 0.608. The van der Waals surface area contributed by atoms with E-state index in [1.165, 1.54) is 36.9 Å². The number of aryl methyl sites for hydroxylation is 3. The van der Waals surface area contributed by atoms with Crippen LogP contribution in [0, 0.1) is 6.92 Å². The number of aromatic nitrogens is 1. The smallest absolute Gasteiger partial charge is 0.0438 e. The lowest BCUT2D eigenvalue weighted by Gasteiger charge is -2.14. The zero-order chi connectivity index (χ0) is 9.68. The fourth-order valence-corrected chi connectivity index (χ4v) is 1.69. The van der Waals surface area contributed by atoms with Gasteiger partial charge in [-0.3, -0.25) is 4.98 Å². The standard InChI is InChI=1S/C10H13N.C2H6.CH4/c1-8-6-7-9-4-2-3-5-10(9)11-8;1-2;/h6-7H,2-5H2,1H3;1-2H3;1H4. The van der Waals surface area contributed by atoms with Crippen molar-refractivity contribution in [1.29, 1.82) is 0 Å². The van der Waals surface area contributed by atoms with Crippen LogP contribution in [0.4, 0.5) is 0 Å². The molecule has 0 aliphatic heterocycles. The predicted molar refractivity (Wildman–Crippen MR) is 63.7 cm³/mol. The monoisotopic (exact) mass is 193 g/mol. The molecule has 0 radical (unpaired) electrons. The molecule has 1 heterocycles. The van der Waals surface area contributed by atoms with Gasteiger partial charge in [0.15, 0.2) is 0 Å². The van der Waals surface area contributed by atoms with Gasteiger partial charge < -0.3 is 0 Å². The van der Waals surface area contributed by atoms with Crippen molar-refractivity contribution in [3.63, 3.8) is 0 Å². The maximum Gasteiger partial charge on any atom is 0.0438 e. The zero-order valence-corrected chi connectivity index (χ0v) is 8.93. The molecule has 1 nitrogen and oxygen atoms in total. The summed E-state index contributed by atoms with van der Waals surface area (Å²) in [6.07, 6.45) is 5.10. The van der Waals surface area contributed by atoms with Crippen molar-refractivity contribution in [1.82, 2.24) is 4.98 Å². The van der Waals surface area contributed by atoms with Crippen LogP contribution < -0.4 is 0 Å². The second kappa shape index (κ2) is 6.58. The van der Waals surface area contributed by atoms with Crippen LogP contribution in [-0.2, 0) is 12.8 Å². The Morgan fingerprint density at radius 1 is 1.07 bits per heavy atom. The van der Waals surface area contributed by atoms with E-state index < -0.39 is 0 Å². The third-order valence-corrected chi connectivity index (χ3v) is 2.32. The molecule has 0 aromatic carbocycles. The SMILES string of the molecule is C.CC.Cc1ccc2c(n1)CCCC2. The van der Waals surface area contributed by atoms with Gasteiger partial charge in [0.2, 0.25) is 0 Å². The highest BCUT2D eigenvalue weighted by Crippen LogP contribution is 2.18. The minimum absolute atomic E-state index is 0. The van der Waals surface area contributed by atoms with Crippen LogP contribution in [0.25, 0.3) is 0 Å². The number of nitrogens with zero attached hydrogens (tertiary/aromatic N) is 1. The average Bonchev–Trinajstić information content (AvgIpc) is 2.21. The fourth-order valence-electron chi connectivity index (χ4n) is 1.69. The molecule has 0 bridgehead atoms. The molecular weight excluding hydrogens is 170 g/mol. The first-order valence-electron chi connectivity index (χ1n) is 5.32. The van der Waals surface area contributed by atoms with Crippen molar-refractivity contribution in [2.45, 2.75) is 53.9 Å². The Morgan fingerprint density at radius 2 is 1.71 bits per heavy atom. The molecule has 2 rings (SSSR count). The second-order valence-corrected chi connectivity index (χ2v) is 3.27. The third kappa shape index (κ3) is 3.13. The molecule has 14 heavy (non-hydrogen) atoms. The predicted octanol–water partition coefficient (Wildman–Crippen LogP) is 3.93. The normalized spacial score (nSPS) is 13.1. The maximum atomic E-state index is 4.51. The van der Waals surface area contributed by atoms with E-state index in [1.807, 2.05) is 13.8 Å². The van der Waals surface area contributed by atoms with Crippen LogP contribution >= 0.6 is 0 Å². The zero-order valence-electron chi connectivity index (χ0n) is 8.93. The van der Waals surface area contributed by atoms with Crippen molar-refractivity contribution in [3.05, 3.63) is 29.1 Å². The summed E-state index contributed by atoms with van der Waals surface area (Å²) in [6.45, 7) is 6.06. The van der Waals surface area contributed by atoms with Crippen molar-refractivity contribution >= 4 is 0 Å². The number of hydrogen-bond acceptors (Lipinski definition) is 1. The van der Waals surface area contributed by atoms with E-state index in [4.69, 9.17) is 0 Å². The fraction of sp³-hybridized carbons (Fsp3) is 0.615. The van der Waals surface area contributed by atoms with E-state index in [-0.39, 0.29) is 7.43 Å². The minimum Gasteiger partial charge on any atom is -0.258 e. The number of rotatable bonds is 0. The largest absolute Gasteiger partial charge is 0.258 e. The summed E-state index contributed by atoms with van der Waals surface area (Å²) >= 11 is 0. The van der Waals surface area contributed by atoms with Gasteiger partial charge in [-0.25, -0.2) is 0 Å². The summed E-state index contributed by atoms with van der Waals surface area (Å²) in [5, 5.41) is 0. The third-order valence-electron chi connectivity index (χ3n) is 2.32. The average molecular weight is 193 g/mol. The van der Waals surface area contributed by atoms with Crippen molar-refractivity contribution in [2.24, 2.45) is 0 Å². The van der Waals surface area contributed by atoms with Gasteiger partial charge in [0.05, 0.1) is 0 Å². The Morgan fingerprint density at radius 3 is 2.43 bits per heavy atom. The highest BCUT2D eigenvalue weighted by Gasteiger charge is 2.09. The van der Waals surface area contributed by atoms with E-state index in [0.29, 0.717) is 0 Å². The lowest BCUT2D eigenvalue weighted by molar-refractivity contribution is 0.665. The molecule has 1 aromatic heterocycles. The van der Waals surface area contributed by atoms with E-state index in [2.05, 4.69) is 24.0 Å². The lowest BCUT2D eigenvalue weighted by atomic mass is 9.96. The molecule has 1 aliphatic rings. The Balaban J connectivity index is 0.000000531. The molecule has 0 amide bonds. The molecule has 0 unspecified atom stereocenters. The molecule has 0 N–H and O–H groups in total. The Labute approximate surface area is 88.6 Å². The van der Waals surface area contributed by atoms with Crippen LogP contribution in [0.2, 0.25) is 0 Å². The first-order chi connectivity index (χ1) is 6.36. The summed E-state index contributed by atoms with van der Waals surface area (Å²) in [5.74, 6) is 0. The van der Waals surface area contributed by atoms with Crippen molar-refractivity contribution in [3.8, 4) is 0 Å². The Hall–Kier alpha value is -0.850. The first-order valence-corrected chi connectivity index (χ1v) is 5.32. The van der Waals surface area contributed by atoms with Crippen LogP contribution in [0.15, 0.2) is 12.1 Å². The molecule has 80 valence electrons. The minimum atomic E-state index is 0. The van der Waals surface area contributed by atoms with Gasteiger partial charge in [-0.05, 0) is 44.2 Å². The Bertz CT molecular complexity index is 266. The molecule has 1 aromatic rings. The van der Waals surface area contributed by atoms with Crippen LogP contribution in [-0.4, -0.2) is 4.98 Å². The van der Waals surface area contributed by atoms with Crippen LogP contribution in [0.1, 0.15) is 51.1 Å². The van der Waals surface area contributed by atoms with Gasteiger partial charge in [-0.15, -0.1) is 0 Å². The molecular formula is C13H23N. The molecule has 1 aliphatic carbocycles. The van der Waals surface area contributed by atoms with Crippen LogP contribution in [0.5, 0.6) is 0 Å². The van der Waals surface area contributed by atoms with Gasteiger partial charge >= 0.3 is 0 Å². The van der Waals surface area contributed by atoms with Crippen molar-refractivity contribution in [2.75, 3.05) is 0 Å². The summed E-state index contributed by atoms with van der Waals surface area (Å²) in [5.41, 5.74) is 3.98. The van der Waals surface area contributed by atoms with Crippen LogP contribution in [0.3, 0.4) is 0 Å². The number of fused-ring (bicyclic) bond motifs is 1. The van der Waals surface area contributed by atoms with E-state index in [9.17, 15) is 0 Å². The lowest BCUT2D eigenvalue weighted by Crippen LogP contribution is -2.05. The molecule has 1 heteroatoms. The highest BCUT2D eigenvalue weighted by atomic mass is 14.7. The van der Waals surface area contributed by atoms with Gasteiger partial charge in [-0.1, -0.05) is 27.3 Å². The summed E-state index contributed by atoms with van der Waals surface area (Å²) < 4.78 is 0. The molecule has 0 fully saturated rings. The number of hydrogen-bond donors (Lipinski definition) is 0. The van der Waals surface area contributed by atoms with Gasteiger partial charge in [0.1, 0.15) is 0 Å². The van der Waals surface area contributed by atoms with E-state index in [1.54, 1.807) is 0 Å². The maximum absolute atomic E-state index is 4.51. The summed E-state index contributed by atoms with van der Waals surface area (Å²) in [4.78, 5) is 4.51. The topological polar surface area (TPSA) is 12.9 Å². The summed E-state index contributed by atoms with van der Waals surface area (Å²) in [7, 11) is 0. The second-order valence-electron chi connectivity index (χ2n) is 3.27. The highest BCUT2D eigenvalue weighted by molar-refractivity contribution is 5.24. The Kier molecular flexibility index (Phi) is 6.18. The number of pyridine rings is 1. The first kappa shape index (κ1) is 13.2.